The maximum atomic E-state index is 13.1. The molecule has 2 aromatic rings. The fraction of sp³-hybridized carbons (Fsp3) is 0.400. The first-order chi connectivity index (χ1) is 15.9. The number of nitrogens with two attached hydrogens (primary N) is 1. The summed E-state index contributed by atoms with van der Waals surface area (Å²) in [6.07, 6.45) is 3.29. The minimum absolute atomic E-state index is 0. The first kappa shape index (κ1) is 25.7. The van der Waals surface area contributed by atoms with Crippen molar-refractivity contribution in [2.45, 2.75) is 50.2 Å². The molecule has 2 amide bonds. The highest BCUT2D eigenvalue weighted by atomic mass is 35.5. The van der Waals surface area contributed by atoms with Crippen molar-refractivity contribution in [2.24, 2.45) is 5.73 Å². The van der Waals surface area contributed by atoms with Crippen LogP contribution in [0.15, 0.2) is 48.5 Å². The lowest BCUT2D eigenvalue weighted by molar-refractivity contribution is -0.150. The number of hydrogen-bond donors (Lipinski definition) is 4. The Hall–Kier alpha value is -2.94. The Morgan fingerprint density at radius 3 is 2.35 bits per heavy atom. The Bertz CT molecular complexity index is 1010. The lowest BCUT2D eigenvalue weighted by Crippen LogP contribution is -2.55. The van der Waals surface area contributed by atoms with Gasteiger partial charge in [-0.15, -0.1) is 12.4 Å². The monoisotopic (exact) mass is 486 g/mol. The van der Waals surface area contributed by atoms with Gasteiger partial charge in [0.1, 0.15) is 5.84 Å². The second-order valence-electron chi connectivity index (χ2n) is 8.63. The number of rotatable bonds is 6. The molecule has 2 aliphatic rings. The van der Waals surface area contributed by atoms with Crippen LogP contribution in [-0.4, -0.2) is 48.1 Å². The molecule has 9 heteroatoms. The van der Waals surface area contributed by atoms with Crippen LogP contribution in [0.5, 0.6) is 0 Å². The third-order valence-corrected chi connectivity index (χ3v) is 6.42. The van der Waals surface area contributed by atoms with Crippen molar-refractivity contribution in [1.82, 2.24) is 0 Å². The quantitative estimate of drug-likeness (QED) is 0.368. The Morgan fingerprint density at radius 2 is 1.74 bits per heavy atom. The highest BCUT2D eigenvalue weighted by Crippen LogP contribution is 2.33. The number of nitrogen functional groups attached to an aromatic ring is 1. The van der Waals surface area contributed by atoms with Gasteiger partial charge in [-0.25, -0.2) is 0 Å². The molecule has 182 valence electrons. The first-order valence-electron chi connectivity index (χ1n) is 11.4. The van der Waals surface area contributed by atoms with Gasteiger partial charge in [0.2, 0.25) is 0 Å². The van der Waals surface area contributed by atoms with Crippen LogP contribution in [0.25, 0.3) is 0 Å². The maximum Gasteiger partial charge on any atom is 0.259 e. The number of aliphatic hydroxyl groups is 1. The molecule has 1 saturated carbocycles. The van der Waals surface area contributed by atoms with Crippen molar-refractivity contribution in [1.29, 1.82) is 5.41 Å². The van der Waals surface area contributed by atoms with Crippen LogP contribution in [0.3, 0.4) is 0 Å². The van der Waals surface area contributed by atoms with E-state index in [1.54, 1.807) is 29.2 Å². The lowest BCUT2D eigenvalue weighted by atomic mass is 9.84. The zero-order chi connectivity index (χ0) is 23.4. The summed E-state index contributed by atoms with van der Waals surface area (Å²) in [6, 6.07) is 14.4. The molecular formula is C25H31ClN4O4. The number of ether oxygens (including phenoxy) is 1. The third kappa shape index (κ3) is 5.75. The van der Waals surface area contributed by atoms with Gasteiger partial charge >= 0.3 is 0 Å². The molecule has 1 aliphatic carbocycles. The van der Waals surface area contributed by atoms with Crippen LogP contribution >= 0.6 is 12.4 Å². The minimum atomic E-state index is -1.66. The standard InChI is InChI=1S/C25H30N4O4.ClH/c26-23(27)18-6-10-19(11-7-18)28-24(31)21(30)22-25(32)29(14-15-33-22)20-12-8-17(9-13-20)16-4-2-1-3-5-16;/h6-13,16,21-22,30H,1-5,14-15H2,(H3,26,27)(H,28,31);1H/t21?,22-;/m1./s1. The van der Waals surface area contributed by atoms with Gasteiger partial charge in [0.15, 0.2) is 12.2 Å². The number of aliphatic hydroxyl groups excluding tert-OH is 1. The number of hydrogen-bond acceptors (Lipinski definition) is 5. The third-order valence-electron chi connectivity index (χ3n) is 6.42. The minimum Gasteiger partial charge on any atom is -0.384 e. The molecule has 1 unspecified atom stereocenters. The molecule has 2 atom stereocenters. The molecule has 0 radical (unpaired) electrons. The summed E-state index contributed by atoms with van der Waals surface area (Å²) in [6.45, 7) is 0.581. The van der Waals surface area contributed by atoms with E-state index in [1.807, 2.05) is 12.1 Å². The number of benzene rings is 2. The highest BCUT2D eigenvalue weighted by Gasteiger charge is 2.39. The van der Waals surface area contributed by atoms with Crippen LogP contribution in [0.1, 0.15) is 49.1 Å². The largest absolute Gasteiger partial charge is 0.384 e. The molecule has 1 heterocycles. The summed E-state index contributed by atoms with van der Waals surface area (Å²) in [7, 11) is 0. The molecule has 2 fully saturated rings. The van der Waals surface area contributed by atoms with Crippen molar-refractivity contribution < 1.29 is 19.4 Å². The number of carbonyl (C=O) groups is 2. The summed E-state index contributed by atoms with van der Waals surface area (Å²) < 4.78 is 5.49. The van der Waals surface area contributed by atoms with Gasteiger partial charge in [-0.3, -0.25) is 15.0 Å². The molecule has 5 N–H and O–H groups in total. The molecule has 1 aliphatic heterocycles. The second kappa shape index (κ2) is 11.5. The van der Waals surface area contributed by atoms with Gasteiger partial charge in [-0.05, 0) is 60.7 Å². The molecule has 0 aromatic heterocycles. The summed E-state index contributed by atoms with van der Waals surface area (Å²) >= 11 is 0. The molecule has 1 saturated heterocycles. The van der Waals surface area contributed by atoms with E-state index < -0.39 is 24.0 Å². The number of morpholine rings is 1. The Balaban J connectivity index is 0.00000324. The van der Waals surface area contributed by atoms with E-state index in [-0.39, 0.29) is 24.8 Å². The Morgan fingerprint density at radius 1 is 1.09 bits per heavy atom. The van der Waals surface area contributed by atoms with Gasteiger partial charge < -0.3 is 25.8 Å². The lowest BCUT2D eigenvalue weighted by Gasteiger charge is -2.34. The molecule has 0 spiro atoms. The molecule has 34 heavy (non-hydrogen) atoms. The van der Waals surface area contributed by atoms with Crippen LogP contribution < -0.4 is 16.0 Å². The highest BCUT2D eigenvalue weighted by molar-refractivity contribution is 6.04. The van der Waals surface area contributed by atoms with Gasteiger partial charge in [-0.2, -0.15) is 0 Å². The predicted molar refractivity (Wildman–Crippen MR) is 134 cm³/mol. The van der Waals surface area contributed by atoms with Crippen molar-refractivity contribution >= 4 is 41.4 Å². The summed E-state index contributed by atoms with van der Waals surface area (Å²) in [5, 5.41) is 20.5. The fourth-order valence-corrected chi connectivity index (χ4v) is 4.54. The van der Waals surface area contributed by atoms with Crippen LogP contribution in [0, 0.1) is 5.41 Å². The average molecular weight is 487 g/mol. The van der Waals surface area contributed by atoms with Crippen molar-refractivity contribution in [2.75, 3.05) is 23.4 Å². The van der Waals surface area contributed by atoms with E-state index in [0.717, 1.165) is 5.69 Å². The maximum absolute atomic E-state index is 13.1. The van der Waals surface area contributed by atoms with E-state index in [1.165, 1.54) is 37.7 Å². The average Bonchev–Trinajstić information content (AvgIpc) is 2.85. The fourth-order valence-electron chi connectivity index (χ4n) is 4.54. The Kier molecular flexibility index (Phi) is 8.66. The van der Waals surface area contributed by atoms with Gasteiger partial charge in [0.05, 0.1) is 6.61 Å². The number of carbonyl (C=O) groups excluding carboxylic acids is 2. The number of halogens is 1. The van der Waals surface area contributed by atoms with Gasteiger partial charge in [0.25, 0.3) is 11.8 Å². The van der Waals surface area contributed by atoms with E-state index in [9.17, 15) is 14.7 Å². The second-order valence-corrected chi connectivity index (χ2v) is 8.63. The van der Waals surface area contributed by atoms with Crippen LogP contribution in [0.4, 0.5) is 11.4 Å². The van der Waals surface area contributed by atoms with E-state index in [4.69, 9.17) is 15.9 Å². The normalized spacial score (nSPS) is 19.7. The number of anilines is 2. The predicted octanol–water partition coefficient (Wildman–Crippen LogP) is 3.17. The summed E-state index contributed by atoms with van der Waals surface area (Å²) in [5.74, 6) is -0.684. The molecule has 8 nitrogen and oxygen atoms in total. The summed E-state index contributed by atoms with van der Waals surface area (Å²) in [4.78, 5) is 27.2. The van der Waals surface area contributed by atoms with E-state index in [2.05, 4.69) is 17.4 Å². The molecule has 4 rings (SSSR count). The van der Waals surface area contributed by atoms with Crippen molar-refractivity contribution in [3.8, 4) is 0 Å². The van der Waals surface area contributed by atoms with Crippen molar-refractivity contribution in [3.05, 3.63) is 59.7 Å². The number of nitrogens with zero attached hydrogens (tertiary/aromatic N) is 1. The molecular weight excluding hydrogens is 456 g/mol. The van der Waals surface area contributed by atoms with Gasteiger partial charge in [0, 0.05) is 23.5 Å². The summed E-state index contributed by atoms with van der Waals surface area (Å²) in [5.41, 5.74) is 8.40. The van der Waals surface area contributed by atoms with Crippen LogP contribution in [0.2, 0.25) is 0 Å². The number of amidine groups is 1. The SMILES string of the molecule is Cl.N=C(N)c1ccc(NC(=O)C(O)[C@H]2OCCN(c3ccc(C4CCCCC4)cc3)C2=O)cc1. The van der Waals surface area contributed by atoms with Gasteiger partial charge in [-0.1, -0.05) is 31.4 Å². The first-order valence-corrected chi connectivity index (χ1v) is 11.4. The zero-order valence-electron chi connectivity index (χ0n) is 18.9. The van der Waals surface area contributed by atoms with E-state index >= 15 is 0 Å². The molecule has 0 bridgehead atoms. The molecule has 2 aromatic carbocycles. The number of amides is 2. The smallest absolute Gasteiger partial charge is 0.259 e. The number of nitrogens with one attached hydrogen (secondary N) is 2. The van der Waals surface area contributed by atoms with Crippen molar-refractivity contribution in [3.63, 3.8) is 0 Å². The zero-order valence-corrected chi connectivity index (χ0v) is 19.7. The Labute approximate surface area is 205 Å². The van der Waals surface area contributed by atoms with Crippen LogP contribution in [-0.2, 0) is 14.3 Å². The van der Waals surface area contributed by atoms with E-state index in [0.29, 0.717) is 23.7 Å². The topological polar surface area (TPSA) is 129 Å².